The van der Waals surface area contributed by atoms with Crippen LogP contribution in [0.4, 0.5) is 5.00 Å². The number of thiophene rings is 2. The third-order valence-corrected chi connectivity index (χ3v) is 6.17. The van der Waals surface area contributed by atoms with Gasteiger partial charge in [0.15, 0.2) is 0 Å². The van der Waals surface area contributed by atoms with Crippen LogP contribution in [0.5, 0.6) is 0 Å². The van der Waals surface area contributed by atoms with E-state index in [9.17, 15) is 14.4 Å². The van der Waals surface area contributed by atoms with Crippen LogP contribution in [-0.4, -0.2) is 24.4 Å². The maximum Gasteiger partial charge on any atom is 0.341 e. The van der Waals surface area contributed by atoms with E-state index in [4.69, 9.17) is 4.74 Å². The molecule has 1 aliphatic carbocycles. The van der Waals surface area contributed by atoms with Crippen LogP contribution in [0, 0.1) is 0 Å². The Morgan fingerprint density at radius 1 is 1.19 bits per heavy atom. The second kappa shape index (κ2) is 8.46. The standard InChI is InChI=1S/C18H20N2O4S2/c1-2-24-18(23)14-12-7-3-4-8-13(12)26-17(14)20-16(22)15(21)19-10-11-6-5-9-25-11/h5-6,9H,2-4,7-8,10H2,1H3,(H,19,21)(H,20,22). The van der Waals surface area contributed by atoms with Crippen LogP contribution in [0.1, 0.15) is 45.4 Å². The molecule has 2 aromatic rings. The fourth-order valence-electron chi connectivity index (χ4n) is 2.89. The second-order valence-electron chi connectivity index (χ2n) is 5.85. The second-order valence-corrected chi connectivity index (χ2v) is 7.99. The number of ether oxygens (including phenoxy) is 1. The molecule has 0 aromatic carbocycles. The van der Waals surface area contributed by atoms with Crippen LogP contribution in [0.3, 0.4) is 0 Å². The van der Waals surface area contributed by atoms with Crippen molar-refractivity contribution in [2.45, 2.75) is 39.2 Å². The zero-order valence-electron chi connectivity index (χ0n) is 14.4. The van der Waals surface area contributed by atoms with Crippen LogP contribution in [-0.2, 0) is 33.7 Å². The molecule has 0 atom stereocenters. The van der Waals surface area contributed by atoms with Crippen LogP contribution < -0.4 is 10.6 Å². The van der Waals surface area contributed by atoms with Gasteiger partial charge in [-0.3, -0.25) is 9.59 Å². The molecule has 2 aromatic heterocycles. The minimum atomic E-state index is -0.772. The topological polar surface area (TPSA) is 84.5 Å². The number of nitrogens with one attached hydrogen (secondary N) is 2. The highest BCUT2D eigenvalue weighted by molar-refractivity contribution is 7.17. The minimum Gasteiger partial charge on any atom is -0.462 e. The zero-order chi connectivity index (χ0) is 18.5. The van der Waals surface area contributed by atoms with Gasteiger partial charge in [0.2, 0.25) is 0 Å². The van der Waals surface area contributed by atoms with Crippen molar-refractivity contribution in [1.82, 2.24) is 5.32 Å². The molecule has 6 nitrogen and oxygen atoms in total. The highest BCUT2D eigenvalue weighted by atomic mass is 32.1. The third-order valence-electron chi connectivity index (χ3n) is 4.09. The first-order valence-electron chi connectivity index (χ1n) is 8.53. The summed E-state index contributed by atoms with van der Waals surface area (Å²) in [6.45, 7) is 2.31. The van der Waals surface area contributed by atoms with Crippen molar-refractivity contribution in [3.63, 3.8) is 0 Å². The number of esters is 1. The molecule has 0 saturated heterocycles. The van der Waals surface area contributed by atoms with Crippen molar-refractivity contribution in [1.29, 1.82) is 0 Å². The summed E-state index contributed by atoms with van der Waals surface area (Å²) < 4.78 is 5.15. The molecule has 0 saturated carbocycles. The van der Waals surface area contributed by atoms with Crippen molar-refractivity contribution in [2.75, 3.05) is 11.9 Å². The molecule has 0 radical (unpaired) electrons. The fourth-order valence-corrected chi connectivity index (χ4v) is 4.81. The van der Waals surface area contributed by atoms with Gasteiger partial charge in [0.25, 0.3) is 0 Å². The summed E-state index contributed by atoms with van der Waals surface area (Å²) in [6.07, 6.45) is 3.74. The third kappa shape index (κ3) is 4.13. The number of rotatable bonds is 5. The number of hydrogen-bond acceptors (Lipinski definition) is 6. The Bertz CT molecular complexity index is 812. The first kappa shape index (κ1) is 18.6. The van der Waals surface area contributed by atoms with Gasteiger partial charge in [0.1, 0.15) is 5.00 Å². The molecule has 2 amide bonds. The lowest BCUT2D eigenvalue weighted by atomic mass is 9.95. The van der Waals surface area contributed by atoms with E-state index >= 15 is 0 Å². The molecular weight excluding hydrogens is 372 g/mol. The molecule has 8 heteroatoms. The van der Waals surface area contributed by atoms with Gasteiger partial charge in [-0.25, -0.2) is 4.79 Å². The Morgan fingerprint density at radius 3 is 2.73 bits per heavy atom. The first-order valence-corrected chi connectivity index (χ1v) is 10.2. The molecular formula is C18H20N2O4S2. The molecule has 0 bridgehead atoms. The van der Waals surface area contributed by atoms with E-state index in [1.165, 1.54) is 22.7 Å². The Hall–Kier alpha value is -2.19. The Morgan fingerprint density at radius 2 is 2.00 bits per heavy atom. The van der Waals surface area contributed by atoms with E-state index in [2.05, 4.69) is 10.6 Å². The van der Waals surface area contributed by atoms with Gasteiger partial charge in [-0.1, -0.05) is 6.07 Å². The van der Waals surface area contributed by atoms with E-state index in [0.717, 1.165) is 41.0 Å². The van der Waals surface area contributed by atoms with Gasteiger partial charge in [-0.2, -0.15) is 0 Å². The van der Waals surface area contributed by atoms with E-state index in [-0.39, 0.29) is 6.61 Å². The first-order chi connectivity index (χ1) is 12.6. The average Bonchev–Trinajstić information content (AvgIpc) is 3.26. The average molecular weight is 393 g/mol. The molecule has 0 unspecified atom stereocenters. The predicted molar refractivity (Wildman–Crippen MR) is 102 cm³/mol. The summed E-state index contributed by atoms with van der Waals surface area (Å²) in [5.74, 6) is -1.94. The monoisotopic (exact) mass is 392 g/mol. The number of carbonyl (C=O) groups excluding carboxylic acids is 3. The molecule has 0 aliphatic heterocycles. The van der Waals surface area contributed by atoms with Gasteiger partial charge in [0.05, 0.1) is 18.7 Å². The molecule has 2 N–H and O–H groups in total. The summed E-state index contributed by atoms with van der Waals surface area (Å²) in [6, 6.07) is 3.77. The van der Waals surface area contributed by atoms with E-state index < -0.39 is 17.8 Å². The molecule has 1 aliphatic rings. The Balaban J connectivity index is 1.73. The molecule has 2 heterocycles. The Kier molecular flexibility index (Phi) is 6.05. The molecule has 0 spiro atoms. The highest BCUT2D eigenvalue weighted by Gasteiger charge is 2.28. The lowest BCUT2D eigenvalue weighted by molar-refractivity contribution is -0.136. The maximum atomic E-state index is 12.4. The highest BCUT2D eigenvalue weighted by Crippen LogP contribution is 2.38. The van der Waals surface area contributed by atoms with Crippen molar-refractivity contribution >= 4 is 45.5 Å². The van der Waals surface area contributed by atoms with E-state index in [1.54, 1.807) is 6.92 Å². The quantitative estimate of drug-likeness (QED) is 0.605. The SMILES string of the molecule is CCOC(=O)c1c(NC(=O)C(=O)NCc2cccs2)sc2c1CCCC2. The lowest BCUT2D eigenvalue weighted by Crippen LogP contribution is -2.35. The number of fused-ring (bicyclic) bond motifs is 1. The van der Waals surface area contributed by atoms with E-state index in [0.29, 0.717) is 17.1 Å². The largest absolute Gasteiger partial charge is 0.462 e. The molecule has 138 valence electrons. The zero-order valence-corrected chi connectivity index (χ0v) is 16.1. The summed E-state index contributed by atoms with van der Waals surface area (Å²) in [4.78, 5) is 38.7. The van der Waals surface area contributed by atoms with Crippen molar-refractivity contribution in [3.05, 3.63) is 38.4 Å². The van der Waals surface area contributed by atoms with Gasteiger partial charge in [0, 0.05) is 9.75 Å². The number of aryl methyl sites for hydroxylation is 1. The molecule has 0 fully saturated rings. The minimum absolute atomic E-state index is 0.262. The van der Waals surface area contributed by atoms with Gasteiger partial charge in [-0.15, -0.1) is 22.7 Å². The normalized spacial score (nSPS) is 13.0. The predicted octanol–water partition coefficient (Wildman–Crippen LogP) is 3.12. The smallest absolute Gasteiger partial charge is 0.341 e. The van der Waals surface area contributed by atoms with Crippen molar-refractivity contribution < 1.29 is 19.1 Å². The number of anilines is 1. The van der Waals surface area contributed by atoms with E-state index in [1.807, 2.05) is 17.5 Å². The lowest BCUT2D eigenvalue weighted by Gasteiger charge is -2.12. The molecule has 3 rings (SSSR count). The van der Waals surface area contributed by atoms with Crippen molar-refractivity contribution in [2.24, 2.45) is 0 Å². The fraction of sp³-hybridized carbons (Fsp3) is 0.389. The van der Waals surface area contributed by atoms with Crippen LogP contribution >= 0.6 is 22.7 Å². The number of amides is 2. The van der Waals surface area contributed by atoms with Gasteiger partial charge < -0.3 is 15.4 Å². The summed E-state index contributed by atoms with van der Waals surface area (Å²) >= 11 is 2.87. The number of carbonyl (C=O) groups is 3. The van der Waals surface area contributed by atoms with Crippen LogP contribution in [0.25, 0.3) is 0 Å². The summed E-state index contributed by atoms with van der Waals surface area (Å²) in [7, 11) is 0. The summed E-state index contributed by atoms with van der Waals surface area (Å²) in [5.41, 5.74) is 1.36. The van der Waals surface area contributed by atoms with Gasteiger partial charge >= 0.3 is 17.8 Å². The van der Waals surface area contributed by atoms with Crippen LogP contribution in [0.2, 0.25) is 0 Å². The summed E-state index contributed by atoms with van der Waals surface area (Å²) in [5, 5.41) is 7.51. The van der Waals surface area contributed by atoms with Crippen LogP contribution in [0.15, 0.2) is 17.5 Å². The number of hydrogen-bond donors (Lipinski definition) is 2. The maximum absolute atomic E-state index is 12.4. The van der Waals surface area contributed by atoms with Gasteiger partial charge in [-0.05, 0) is 49.6 Å². The molecule has 26 heavy (non-hydrogen) atoms. The van der Waals surface area contributed by atoms with Crippen molar-refractivity contribution in [3.8, 4) is 0 Å². The Labute approximate surface area is 159 Å².